The maximum Gasteiger partial charge on any atom is 0.268 e. The van der Waals surface area contributed by atoms with E-state index in [9.17, 15) is 13.2 Å². The van der Waals surface area contributed by atoms with E-state index in [1.54, 1.807) is 18.2 Å². The minimum absolute atomic E-state index is 0.141. The van der Waals surface area contributed by atoms with E-state index < -0.39 is 15.7 Å². The minimum atomic E-state index is -3.59. The van der Waals surface area contributed by atoms with Crippen molar-refractivity contribution in [3.63, 3.8) is 0 Å². The minimum Gasteiger partial charge on any atom is -0.273 e. The molecule has 6 heteroatoms. The zero-order chi connectivity index (χ0) is 14.3. The largest absolute Gasteiger partial charge is 0.273 e. The van der Waals surface area contributed by atoms with E-state index in [1.165, 1.54) is 12.1 Å². The second-order valence-electron chi connectivity index (χ2n) is 4.33. The molecule has 0 aliphatic carbocycles. The molecule has 1 aromatic carbocycles. The predicted molar refractivity (Wildman–Crippen MR) is 71.7 cm³/mol. The first kappa shape index (κ1) is 15.4. The molecule has 104 valence electrons. The highest BCUT2D eigenvalue weighted by Crippen LogP contribution is 2.10. The molecule has 1 aromatic rings. The van der Waals surface area contributed by atoms with Crippen molar-refractivity contribution >= 4 is 15.7 Å². The summed E-state index contributed by atoms with van der Waals surface area (Å²) >= 11 is 0. The van der Waals surface area contributed by atoms with Crippen LogP contribution in [0.25, 0.3) is 0 Å². The molecule has 1 N–H and O–H groups in total. The summed E-state index contributed by atoms with van der Waals surface area (Å²) in [7, 11) is -3.59. The average Bonchev–Trinajstić information content (AvgIpc) is 2.37. The maximum atomic E-state index is 11.8. The van der Waals surface area contributed by atoms with E-state index in [2.05, 4.69) is 5.48 Å². The molecular weight excluding hydrogens is 266 g/mol. The molecule has 1 amide bonds. The van der Waals surface area contributed by atoms with Crippen LogP contribution in [0, 0.1) is 5.92 Å². The van der Waals surface area contributed by atoms with Crippen LogP contribution in [0.2, 0.25) is 0 Å². The first-order chi connectivity index (χ1) is 8.92. The Morgan fingerprint density at radius 2 is 1.95 bits per heavy atom. The lowest BCUT2D eigenvalue weighted by Crippen LogP contribution is -2.23. The molecule has 0 radical (unpaired) electrons. The lowest BCUT2D eigenvalue weighted by molar-refractivity contribution is -0.129. The fraction of sp³-hybridized carbons (Fsp3) is 0.308. The normalized spacial score (nSPS) is 11.9. The second kappa shape index (κ2) is 7.06. The van der Waals surface area contributed by atoms with Crippen molar-refractivity contribution in [1.29, 1.82) is 0 Å². The van der Waals surface area contributed by atoms with Gasteiger partial charge in [-0.1, -0.05) is 32.0 Å². The smallest absolute Gasteiger partial charge is 0.268 e. The summed E-state index contributed by atoms with van der Waals surface area (Å²) in [6.45, 7) is 4.23. The number of benzene rings is 1. The van der Waals surface area contributed by atoms with Gasteiger partial charge in [-0.3, -0.25) is 9.63 Å². The van der Waals surface area contributed by atoms with E-state index in [0.717, 1.165) is 11.5 Å². The van der Waals surface area contributed by atoms with Gasteiger partial charge in [-0.2, -0.15) is 0 Å². The lowest BCUT2D eigenvalue weighted by Gasteiger charge is -2.05. The van der Waals surface area contributed by atoms with Gasteiger partial charge in [0.1, 0.15) is 0 Å². The van der Waals surface area contributed by atoms with Crippen LogP contribution >= 0.6 is 0 Å². The molecule has 0 saturated heterocycles. The first-order valence-electron chi connectivity index (χ1n) is 5.82. The Kier molecular flexibility index (Phi) is 5.72. The van der Waals surface area contributed by atoms with Gasteiger partial charge in [-0.05, 0) is 18.1 Å². The van der Waals surface area contributed by atoms with Gasteiger partial charge in [0.15, 0.2) is 9.84 Å². The third-order valence-electron chi connectivity index (χ3n) is 2.06. The van der Waals surface area contributed by atoms with Crippen molar-refractivity contribution < 1.29 is 18.0 Å². The Morgan fingerprint density at radius 1 is 1.32 bits per heavy atom. The number of carbonyl (C=O) groups is 1. The number of nitrogens with one attached hydrogen (secondary N) is 1. The van der Waals surface area contributed by atoms with E-state index in [-0.39, 0.29) is 10.8 Å². The summed E-state index contributed by atoms with van der Waals surface area (Å²) in [6.07, 6.45) is 0.933. The molecule has 0 atom stereocenters. The molecule has 0 bridgehead atoms. The third-order valence-corrected chi connectivity index (χ3v) is 3.48. The molecule has 0 aliphatic heterocycles. The number of amides is 1. The lowest BCUT2D eigenvalue weighted by atomic mass is 10.2. The van der Waals surface area contributed by atoms with Crippen LogP contribution in [0.1, 0.15) is 13.8 Å². The van der Waals surface area contributed by atoms with Gasteiger partial charge < -0.3 is 0 Å². The fourth-order valence-corrected chi connectivity index (χ4v) is 2.15. The Labute approximate surface area is 113 Å². The van der Waals surface area contributed by atoms with E-state index in [4.69, 9.17) is 4.84 Å². The average molecular weight is 283 g/mol. The molecule has 0 fully saturated rings. The van der Waals surface area contributed by atoms with Crippen LogP contribution in [0.5, 0.6) is 0 Å². The van der Waals surface area contributed by atoms with Crippen molar-refractivity contribution in [3.05, 3.63) is 41.8 Å². The number of sulfone groups is 1. The van der Waals surface area contributed by atoms with Gasteiger partial charge in [-0.25, -0.2) is 13.9 Å². The van der Waals surface area contributed by atoms with Crippen molar-refractivity contribution in [2.75, 3.05) is 6.61 Å². The number of hydrogen-bond donors (Lipinski definition) is 1. The molecular formula is C13H17NO4S. The molecule has 0 aromatic heterocycles. The number of hydrogen-bond acceptors (Lipinski definition) is 4. The highest BCUT2D eigenvalue weighted by molar-refractivity contribution is 7.94. The summed E-state index contributed by atoms with van der Waals surface area (Å²) in [5.41, 5.74) is 2.15. The molecule has 0 heterocycles. The SMILES string of the molecule is CC(C)CONC(=O)/C=C/S(=O)(=O)c1ccccc1. The van der Waals surface area contributed by atoms with Crippen molar-refractivity contribution in [2.45, 2.75) is 18.7 Å². The second-order valence-corrected chi connectivity index (χ2v) is 6.17. The molecule has 0 aliphatic rings. The Hall–Kier alpha value is -1.66. The molecule has 1 rings (SSSR count). The van der Waals surface area contributed by atoms with Crippen molar-refractivity contribution in [2.24, 2.45) is 5.92 Å². The fourth-order valence-electron chi connectivity index (χ4n) is 1.15. The topological polar surface area (TPSA) is 72.5 Å². The van der Waals surface area contributed by atoms with Gasteiger partial charge in [0, 0.05) is 11.5 Å². The van der Waals surface area contributed by atoms with Gasteiger partial charge in [-0.15, -0.1) is 0 Å². The Bertz CT molecular complexity index is 535. The van der Waals surface area contributed by atoms with Gasteiger partial charge in [0.05, 0.1) is 11.5 Å². The van der Waals surface area contributed by atoms with Crippen molar-refractivity contribution in [1.82, 2.24) is 5.48 Å². The van der Waals surface area contributed by atoms with Gasteiger partial charge in [0.25, 0.3) is 5.91 Å². The predicted octanol–water partition coefficient (Wildman–Crippen LogP) is 1.68. The first-order valence-corrected chi connectivity index (χ1v) is 7.36. The number of carbonyl (C=O) groups excluding carboxylic acids is 1. The summed E-state index contributed by atoms with van der Waals surface area (Å²) in [4.78, 5) is 16.3. The summed E-state index contributed by atoms with van der Waals surface area (Å²) in [6, 6.07) is 7.88. The van der Waals surface area contributed by atoms with Crippen LogP contribution in [0.3, 0.4) is 0 Å². The standard InChI is InChI=1S/C13H17NO4S/c1-11(2)10-18-14-13(15)8-9-19(16,17)12-6-4-3-5-7-12/h3-9,11H,10H2,1-2H3,(H,14,15)/b9-8+. The van der Waals surface area contributed by atoms with E-state index >= 15 is 0 Å². The molecule has 0 spiro atoms. The molecule has 5 nitrogen and oxygen atoms in total. The van der Waals surface area contributed by atoms with Crippen LogP contribution in [0.4, 0.5) is 0 Å². The zero-order valence-electron chi connectivity index (χ0n) is 10.9. The van der Waals surface area contributed by atoms with Crippen LogP contribution in [-0.2, 0) is 19.5 Å². The molecule has 0 saturated carbocycles. The van der Waals surface area contributed by atoms with Crippen molar-refractivity contribution in [3.8, 4) is 0 Å². The summed E-state index contributed by atoms with van der Waals surface area (Å²) in [5, 5.41) is 0.858. The van der Waals surface area contributed by atoms with E-state index in [1.807, 2.05) is 13.8 Å². The van der Waals surface area contributed by atoms with Crippen LogP contribution < -0.4 is 5.48 Å². The Balaban J connectivity index is 2.59. The summed E-state index contributed by atoms with van der Waals surface area (Å²) in [5.74, 6) is -0.336. The monoisotopic (exact) mass is 283 g/mol. The maximum absolute atomic E-state index is 11.8. The van der Waals surface area contributed by atoms with E-state index in [0.29, 0.717) is 6.61 Å². The molecule has 0 unspecified atom stereocenters. The third kappa shape index (κ3) is 5.67. The quantitative estimate of drug-likeness (QED) is 0.637. The van der Waals surface area contributed by atoms with Crippen LogP contribution in [0.15, 0.2) is 46.7 Å². The highest BCUT2D eigenvalue weighted by atomic mass is 32.2. The number of hydroxylamine groups is 1. The molecule has 19 heavy (non-hydrogen) atoms. The van der Waals surface area contributed by atoms with Crippen LogP contribution in [-0.4, -0.2) is 20.9 Å². The Morgan fingerprint density at radius 3 is 2.53 bits per heavy atom. The highest BCUT2D eigenvalue weighted by Gasteiger charge is 2.09. The van der Waals surface area contributed by atoms with Gasteiger partial charge in [0.2, 0.25) is 0 Å². The summed E-state index contributed by atoms with van der Waals surface area (Å²) < 4.78 is 23.6. The number of rotatable bonds is 6. The van der Waals surface area contributed by atoms with Gasteiger partial charge >= 0.3 is 0 Å². The zero-order valence-corrected chi connectivity index (χ0v) is 11.7.